The largest absolute Gasteiger partial charge is 0.302 e. The number of benzene rings is 1. The van der Waals surface area contributed by atoms with E-state index in [1.807, 2.05) is 6.07 Å². The van der Waals surface area contributed by atoms with Crippen LogP contribution in [0.4, 0.5) is 4.39 Å². The van der Waals surface area contributed by atoms with Gasteiger partial charge in [-0.15, -0.1) is 0 Å². The van der Waals surface area contributed by atoms with Gasteiger partial charge in [0.15, 0.2) is 0 Å². The van der Waals surface area contributed by atoms with Gasteiger partial charge in [-0.25, -0.2) is 4.39 Å². The average molecular weight is 164 g/mol. The molecule has 0 aliphatic heterocycles. The van der Waals surface area contributed by atoms with Gasteiger partial charge in [0.05, 0.1) is 5.41 Å². The van der Waals surface area contributed by atoms with Gasteiger partial charge in [0.1, 0.15) is 12.1 Å². The van der Waals surface area contributed by atoms with Crippen LogP contribution in [0.1, 0.15) is 18.4 Å². The Morgan fingerprint density at radius 3 is 2.67 bits per heavy atom. The molecule has 1 aromatic rings. The number of hydrogen-bond donors (Lipinski definition) is 0. The Labute approximate surface area is 70.2 Å². The topological polar surface area (TPSA) is 17.1 Å². The van der Waals surface area contributed by atoms with E-state index in [1.165, 1.54) is 12.1 Å². The predicted molar refractivity (Wildman–Crippen MR) is 43.4 cm³/mol. The summed E-state index contributed by atoms with van der Waals surface area (Å²) in [5.41, 5.74) is 0.472. The van der Waals surface area contributed by atoms with Crippen molar-refractivity contribution in [2.24, 2.45) is 0 Å². The molecule has 1 aliphatic rings. The molecule has 0 atom stereocenters. The third kappa shape index (κ3) is 1.04. The number of carbonyl (C=O) groups is 1. The molecule has 12 heavy (non-hydrogen) atoms. The molecule has 0 amide bonds. The lowest BCUT2D eigenvalue weighted by molar-refractivity contribution is -0.109. The maximum absolute atomic E-state index is 12.7. The molecule has 0 heterocycles. The van der Waals surface area contributed by atoms with Crippen LogP contribution in [0.15, 0.2) is 24.3 Å². The fourth-order valence-electron chi connectivity index (χ4n) is 1.41. The number of halogens is 1. The molecule has 1 saturated carbocycles. The first kappa shape index (κ1) is 7.47. The summed E-state index contributed by atoms with van der Waals surface area (Å²) in [6.07, 6.45) is 2.65. The molecule has 0 N–H and O–H groups in total. The minimum absolute atomic E-state index is 0.263. The van der Waals surface area contributed by atoms with Gasteiger partial charge in [-0.05, 0) is 30.5 Å². The summed E-state index contributed by atoms with van der Waals surface area (Å²) in [5.74, 6) is -0.263. The molecule has 0 radical (unpaired) electrons. The Morgan fingerprint density at radius 2 is 2.17 bits per heavy atom. The van der Waals surface area contributed by atoms with E-state index in [9.17, 15) is 9.18 Å². The number of carbonyl (C=O) groups excluding carboxylic acids is 1. The molecule has 0 unspecified atom stereocenters. The van der Waals surface area contributed by atoms with Crippen LogP contribution in [0.3, 0.4) is 0 Å². The molecule has 0 bridgehead atoms. The lowest BCUT2D eigenvalue weighted by Crippen LogP contribution is -2.07. The van der Waals surface area contributed by atoms with E-state index in [-0.39, 0.29) is 11.2 Å². The third-order valence-corrected chi connectivity index (χ3v) is 2.41. The van der Waals surface area contributed by atoms with Gasteiger partial charge >= 0.3 is 0 Å². The fraction of sp³-hybridized carbons (Fsp3) is 0.300. The summed E-state index contributed by atoms with van der Waals surface area (Å²) < 4.78 is 12.7. The van der Waals surface area contributed by atoms with Crippen LogP contribution in [-0.2, 0) is 10.2 Å². The van der Waals surface area contributed by atoms with E-state index in [1.54, 1.807) is 6.07 Å². The van der Waals surface area contributed by atoms with Crippen molar-refractivity contribution in [1.82, 2.24) is 0 Å². The summed E-state index contributed by atoms with van der Waals surface area (Å²) in [6, 6.07) is 6.30. The molecule has 0 spiro atoms. The summed E-state index contributed by atoms with van der Waals surface area (Å²) in [5, 5.41) is 0. The summed E-state index contributed by atoms with van der Waals surface area (Å²) in [7, 11) is 0. The predicted octanol–water partition coefficient (Wildman–Crippen LogP) is 2.06. The van der Waals surface area contributed by atoms with Crippen molar-refractivity contribution in [3.05, 3.63) is 35.6 Å². The lowest BCUT2D eigenvalue weighted by Gasteiger charge is -2.05. The van der Waals surface area contributed by atoms with Gasteiger partial charge in [-0.1, -0.05) is 12.1 Å². The molecule has 62 valence electrons. The molecule has 1 aromatic carbocycles. The van der Waals surface area contributed by atoms with E-state index in [2.05, 4.69) is 0 Å². The third-order valence-electron chi connectivity index (χ3n) is 2.41. The molecule has 2 rings (SSSR count). The zero-order chi connectivity index (χ0) is 8.60. The van der Waals surface area contributed by atoms with E-state index < -0.39 is 0 Å². The second-order valence-electron chi connectivity index (χ2n) is 3.28. The van der Waals surface area contributed by atoms with Crippen LogP contribution >= 0.6 is 0 Å². The monoisotopic (exact) mass is 164 g/mol. The summed E-state index contributed by atoms with van der Waals surface area (Å²) >= 11 is 0. The minimum atomic E-state index is -0.345. The molecule has 1 fully saturated rings. The van der Waals surface area contributed by atoms with Crippen molar-refractivity contribution in [2.45, 2.75) is 18.3 Å². The highest BCUT2D eigenvalue weighted by Crippen LogP contribution is 2.46. The van der Waals surface area contributed by atoms with Crippen LogP contribution in [0, 0.1) is 5.82 Å². The smallest absolute Gasteiger partial charge is 0.130 e. The molecule has 0 aromatic heterocycles. The molecular formula is C10H9FO. The maximum atomic E-state index is 12.7. The number of hydrogen-bond acceptors (Lipinski definition) is 1. The maximum Gasteiger partial charge on any atom is 0.130 e. The van der Waals surface area contributed by atoms with E-state index in [4.69, 9.17) is 0 Å². The molecule has 2 heteroatoms. The number of rotatable bonds is 2. The molecule has 1 nitrogen and oxygen atoms in total. The van der Waals surface area contributed by atoms with E-state index >= 15 is 0 Å². The molecule has 1 aliphatic carbocycles. The highest BCUT2D eigenvalue weighted by molar-refractivity contribution is 5.72. The average Bonchev–Trinajstić information content (AvgIpc) is 2.84. The number of aldehydes is 1. The van der Waals surface area contributed by atoms with Crippen molar-refractivity contribution < 1.29 is 9.18 Å². The van der Waals surface area contributed by atoms with Gasteiger partial charge in [0.2, 0.25) is 0 Å². The van der Waals surface area contributed by atoms with E-state index in [0.717, 1.165) is 24.7 Å². The first-order valence-corrected chi connectivity index (χ1v) is 3.99. The quantitative estimate of drug-likeness (QED) is 0.611. The van der Waals surface area contributed by atoms with Crippen LogP contribution in [0.2, 0.25) is 0 Å². The second-order valence-corrected chi connectivity index (χ2v) is 3.28. The summed E-state index contributed by atoms with van der Waals surface area (Å²) in [6.45, 7) is 0. The van der Waals surface area contributed by atoms with Crippen LogP contribution in [0.25, 0.3) is 0 Å². The van der Waals surface area contributed by atoms with Crippen LogP contribution in [0.5, 0.6) is 0 Å². The Balaban J connectivity index is 2.40. The molecular weight excluding hydrogens is 155 g/mol. The lowest BCUT2D eigenvalue weighted by atomic mass is 9.98. The minimum Gasteiger partial charge on any atom is -0.302 e. The normalized spacial score (nSPS) is 18.8. The van der Waals surface area contributed by atoms with Crippen LogP contribution < -0.4 is 0 Å². The Bertz CT molecular complexity index is 315. The van der Waals surface area contributed by atoms with Crippen molar-refractivity contribution >= 4 is 6.29 Å². The first-order chi connectivity index (χ1) is 5.77. The standard InChI is InChI=1S/C10H9FO/c11-9-3-1-2-8(6-9)10(7-12)4-5-10/h1-3,6-7H,4-5H2. The van der Waals surface area contributed by atoms with E-state index in [0.29, 0.717) is 0 Å². The second kappa shape index (κ2) is 2.41. The van der Waals surface area contributed by atoms with Gasteiger partial charge in [0, 0.05) is 0 Å². The van der Waals surface area contributed by atoms with Crippen LogP contribution in [-0.4, -0.2) is 6.29 Å². The summed E-state index contributed by atoms with van der Waals surface area (Å²) in [4.78, 5) is 10.7. The Kier molecular flexibility index (Phi) is 1.50. The molecule has 0 saturated heterocycles. The van der Waals surface area contributed by atoms with Crippen molar-refractivity contribution in [3.63, 3.8) is 0 Å². The SMILES string of the molecule is O=CC1(c2cccc(F)c2)CC1. The fourth-order valence-corrected chi connectivity index (χ4v) is 1.41. The van der Waals surface area contributed by atoms with Gasteiger partial charge in [-0.2, -0.15) is 0 Å². The zero-order valence-electron chi connectivity index (χ0n) is 6.59. The van der Waals surface area contributed by atoms with Crippen molar-refractivity contribution in [1.29, 1.82) is 0 Å². The van der Waals surface area contributed by atoms with Gasteiger partial charge < -0.3 is 4.79 Å². The van der Waals surface area contributed by atoms with Crippen molar-refractivity contribution in [3.8, 4) is 0 Å². The highest BCUT2D eigenvalue weighted by Gasteiger charge is 2.44. The Morgan fingerprint density at radius 1 is 1.42 bits per heavy atom. The van der Waals surface area contributed by atoms with Crippen molar-refractivity contribution in [2.75, 3.05) is 0 Å². The van der Waals surface area contributed by atoms with Gasteiger partial charge in [-0.3, -0.25) is 0 Å². The highest BCUT2D eigenvalue weighted by atomic mass is 19.1. The zero-order valence-corrected chi connectivity index (χ0v) is 6.59. The van der Waals surface area contributed by atoms with Gasteiger partial charge in [0.25, 0.3) is 0 Å². The Hall–Kier alpha value is -1.18. The first-order valence-electron chi connectivity index (χ1n) is 3.99.